The predicted molar refractivity (Wildman–Crippen MR) is 51.0 cm³/mol. The number of pyridine rings is 1. The Morgan fingerprint density at radius 3 is 2.40 bits per heavy atom. The molecular formula is C7H8N4O4. The highest BCUT2D eigenvalue weighted by Gasteiger charge is 2.22. The van der Waals surface area contributed by atoms with Gasteiger partial charge in [-0.25, -0.2) is 10.1 Å². The average molecular weight is 212 g/mol. The van der Waals surface area contributed by atoms with Crippen molar-refractivity contribution in [2.45, 2.75) is 13.8 Å². The molecule has 0 aliphatic rings. The number of nitrogens with one attached hydrogen (secondary N) is 1. The first-order valence-electron chi connectivity index (χ1n) is 3.95. The minimum Gasteiger partial charge on any atom is -0.258 e. The molecule has 0 bridgehead atoms. The van der Waals surface area contributed by atoms with Crippen LogP contribution in [-0.2, 0) is 0 Å². The second kappa shape index (κ2) is 3.86. The van der Waals surface area contributed by atoms with Crippen LogP contribution in [0.5, 0.6) is 0 Å². The topological polar surface area (TPSA) is 111 Å². The van der Waals surface area contributed by atoms with Crippen LogP contribution >= 0.6 is 0 Å². The monoisotopic (exact) mass is 212 g/mol. The summed E-state index contributed by atoms with van der Waals surface area (Å²) < 4.78 is 0. The van der Waals surface area contributed by atoms with Gasteiger partial charge in [-0.1, -0.05) is 5.43 Å². The number of hydrogen-bond acceptors (Lipinski definition) is 5. The van der Waals surface area contributed by atoms with E-state index in [1.807, 2.05) is 0 Å². The highest BCUT2D eigenvalue weighted by Crippen LogP contribution is 2.28. The minimum atomic E-state index is -0.862. The van der Waals surface area contributed by atoms with Crippen LogP contribution in [0.15, 0.2) is 6.20 Å². The van der Waals surface area contributed by atoms with Gasteiger partial charge in [0.2, 0.25) is 0 Å². The summed E-state index contributed by atoms with van der Waals surface area (Å²) in [5, 5.41) is 20.0. The van der Waals surface area contributed by atoms with E-state index in [9.17, 15) is 20.2 Å². The molecule has 0 amide bonds. The van der Waals surface area contributed by atoms with E-state index in [0.717, 1.165) is 6.20 Å². The summed E-state index contributed by atoms with van der Waals surface area (Å²) in [5.41, 5.74) is 1.99. The zero-order valence-electron chi connectivity index (χ0n) is 8.05. The molecule has 0 saturated heterocycles. The van der Waals surface area contributed by atoms with E-state index in [1.54, 1.807) is 12.3 Å². The van der Waals surface area contributed by atoms with Crippen molar-refractivity contribution in [3.63, 3.8) is 0 Å². The number of aryl methyl sites for hydroxylation is 1. The van der Waals surface area contributed by atoms with Gasteiger partial charge in [0, 0.05) is 5.69 Å². The van der Waals surface area contributed by atoms with Crippen molar-refractivity contribution in [1.82, 2.24) is 4.98 Å². The van der Waals surface area contributed by atoms with Crippen molar-refractivity contribution in [3.8, 4) is 0 Å². The maximum atomic E-state index is 10.7. The van der Waals surface area contributed by atoms with Gasteiger partial charge in [-0.3, -0.25) is 15.1 Å². The third-order valence-electron chi connectivity index (χ3n) is 1.93. The largest absolute Gasteiger partial charge is 0.304 e. The van der Waals surface area contributed by atoms with Gasteiger partial charge in [0.05, 0.1) is 16.7 Å². The Balaban J connectivity index is 3.33. The van der Waals surface area contributed by atoms with E-state index in [-0.39, 0.29) is 11.4 Å². The standard InChI is InChI=1S/C7H8N4O4/c1-4-5(2)8-3-6(9-11(14)15)7(4)10(12)13/h3,9H,1-2H3. The molecule has 1 aromatic heterocycles. The molecule has 0 unspecified atom stereocenters. The van der Waals surface area contributed by atoms with Crippen LogP contribution in [0, 0.1) is 34.1 Å². The summed E-state index contributed by atoms with van der Waals surface area (Å²) in [4.78, 5) is 24.0. The van der Waals surface area contributed by atoms with E-state index >= 15 is 0 Å². The minimum absolute atomic E-state index is 0.215. The van der Waals surface area contributed by atoms with Crippen LogP contribution in [0.25, 0.3) is 0 Å². The third-order valence-corrected chi connectivity index (χ3v) is 1.93. The number of hydrogen-bond donors (Lipinski definition) is 1. The summed E-state index contributed by atoms with van der Waals surface area (Å²) >= 11 is 0. The van der Waals surface area contributed by atoms with E-state index in [2.05, 4.69) is 4.98 Å². The summed E-state index contributed by atoms with van der Waals surface area (Å²) in [6, 6.07) is 0. The Labute approximate surface area is 84.2 Å². The molecule has 0 radical (unpaired) electrons. The molecule has 0 saturated carbocycles. The van der Waals surface area contributed by atoms with Crippen molar-refractivity contribution in [3.05, 3.63) is 37.7 Å². The molecule has 1 N–H and O–H groups in total. The van der Waals surface area contributed by atoms with Crippen LogP contribution in [0.2, 0.25) is 0 Å². The van der Waals surface area contributed by atoms with E-state index < -0.39 is 9.96 Å². The molecule has 1 heterocycles. The Bertz CT molecular complexity index is 431. The quantitative estimate of drug-likeness (QED) is 0.595. The van der Waals surface area contributed by atoms with Gasteiger partial charge in [-0.15, -0.1) is 0 Å². The Kier molecular flexibility index (Phi) is 2.79. The Hall–Kier alpha value is -2.25. The van der Waals surface area contributed by atoms with Gasteiger partial charge < -0.3 is 0 Å². The molecule has 8 heteroatoms. The second-order valence-corrected chi connectivity index (χ2v) is 2.86. The van der Waals surface area contributed by atoms with Gasteiger partial charge in [0.15, 0.2) is 10.7 Å². The molecule has 1 rings (SSSR count). The number of anilines is 1. The summed E-state index contributed by atoms with van der Waals surface area (Å²) in [5.74, 6) is 0. The summed E-state index contributed by atoms with van der Waals surface area (Å²) in [7, 11) is 0. The number of nitro groups is 2. The normalized spacial score (nSPS) is 9.73. The Morgan fingerprint density at radius 1 is 1.33 bits per heavy atom. The summed E-state index contributed by atoms with van der Waals surface area (Å²) in [6.45, 7) is 3.09. The number of hydrazine groups is 1. The van der Waals surface area contributed by atoms with E-state index in [1.165, 1.54) is 6.92 Å². The molecule has 0 aliphatic heterocycles. The lowest BCUT2D eigenvalue weighted by atomic mass is 10.2. The smallest absolute Gasteiger partial charge is 0.258 e. The number of aromatic nitrogens is 1. The fourth-order valence-corrected chi connectivity index (χ4v) is 1.11. The van der Waals surface area contributed by atoms with Crippen LogP contribution in [0.3, 0.4) is 0 Å². The lowest BCUT2D eigenvalue weighted by Gasteiger charge is -2.03. The van der Waals surface area contributed by atoms with Crippen molar-refractivity contribution in [2.24, 2.45) is 0 Å². The number of rotatable bonds is 3. The second-order valence-electron chi connectivity index (χ2n) is 2.86. The van der Waals surface area contributed by atoms with Gasteiger partial charge >= 0.3 is 5.69 Å². The fraction of sp³-hybridized carbons (Fsp3) is 0.286. The van der Waals surface area contributed by atoms with Crippen molar-refractivity contribution >= 4 is 11.4 Å². The van der Waals surface area contributed by atoms with Gasteiger partial charge in [0.1, 0.15) is 0 Å². The average Bonchev–Trinajstić information content (AvgIpc) is 2.10. The van der Waals surface area contributed by atoms with Gasteiger partial charge in [0.25, 0.3) is 0 Å². The van der Waals surface area contributed by atoms with Crippen LogP contribution in [0.4, 0.5) is 11.4 Å². The lowest BCUT2D eigenvalue weighted by Crippen LogP contribution is -2.11. The molecule has 0 fully saturated rings. The van der Waals surface area contributed by atoms with Gasteiger partial charge in [-0.2, -0.15) is 0 Å². The van der Waals surface area contributed by atoms with E-state index in [0.29, 0.717) is 11.3 Å². The molecule has 0 aliphatic carbocycles. The van der Waals surface area contributed by atoms with Crippen LogP contribution in [0.1, 0.15) is 11.3 Å². The van der Waals surface area contributed by atoms with Crippen molar-refractivity contribution < 1.29 is 9.96 Å². The summed E-state index contributed by atoms with van der Waals surface area (Å²) in [6.07, 6.45) is 1.07. The third kappa shape index (κ3) is 2.16. The molecule has 1 aromatic rings. The maximum Gasteiger partial charge on any atom is 0.304 e. The van der Waals surface area contributed by atoms with Crippen molar-refractivity contribution in [1.29, 1.82) is 0 Å². The van der Waals surface area contributed by atoms with E-state index in [4.69, 9.17) is 0 Å². The number of nitrogens with zero attached hydrogens (tertiary/aromatic N) is 3. The zero-order valence-corrected chi connectivity index (χ0v) is 8.05. The molecule has 0 atom stereocenters. The predicted octanol–water partition coefficient (Wildman–Crippen LogP) is 1.21. The lowest BCUT2D eigenvalue weighted by molar-refractivity contribution is -0.447. The Morgan fingerprint density at radius 2 is 1.93 bits per heavy atom. The molecule has 8 nitrogen and oxygen atoms in total. The molecular weight excluding hydrogens is 204 g/mol. The first-order chi connectivity index (χ1) is 6.93. The highest BCUT2D eigenvalue weighted by atomic mass is 16.7. The fourth-order valence-electron chi connectivity index (χ4n) is 1.11. The first-order valence-corrected chi connectivity index (χ1v) is 3.95. The molecule has 15 heavy (non-hydrogen) atoms. The first kappa shape index (κ1) is 10.8. The van der Waals surface area contributed by atoms with Gasteiger partial charge in [-0.05, 0) is 13.8 Å². The highest BCUT2D eigenvalue weighted by molar-refractivity contribution is 5.63. The zero-order chi connectivity index (χ0) is 11.6. The maximum absolute atomic E-state index is 10.7. The molecule has 80 valence electrons. The van der Waals surface area contributed by atoms with Crippen LogP contribution in [-0.4, -0.2) is 14.9 Å². The van der Waals surface area contributed by atoms with Crippen LogP contribution < -0.4 is 5.43 Å². The molecule has 0 aromatic carbocycles. The molecule has 0 spiro atoms. The van der Waals surface area contributed by atoms with Crippen molar-refractivity contribution in [2.75, 3.05) is 5.43 Å². The SMILES string of the molecule is Cc1ncc(N[N+](=O)[O-])c([N+](=O)[O-])c1C.